The van der Waals surface area contributed by atoms with E-state index in [1.807, 2.05) is 12.1 Å². The molecule has 0 amide bonds. The maximum atomic E-state index is 12.2. The first-order valence-corrected chi connectivity index (χ1v) is 14.2. The molecule has 2 saturated heterocycles. The highest BCUT2D eigenvalue weighted by molar-refractivity contribution is 5.82. The number of hydrogen-bond donors (Lipinski definition) is 9. The summed E-state index contributed by atoms with van der Waals surface area (Å²) in [5.74, 6) is 11.4. The van der Waals surface area contributed by atoms with Crippen molar-refractivity contribution in [3.05, 3.63) is 58.7 Å². The average molecular weight is 595 g/mol. The van der Waals surface area contributed by atoms with E-state index in [-0.39, 0.29) is 5.92 Å². The van der Waals surface area contributed by atoms with Gasteiger partial charge in [-0.3, -0.25) is 0 Å². The molecule has 2 aromatic carbocycles. The van der Waals surface area contributed by atoms with Crippen molar-refractivity contribution >= 4 is 0 Å². The van der Waals surface area contributed by atoms with Crippen LogP contribution in [0.2, 0.25) is 0 Å². The van der Waals surface area contributed by atoms with Crippen LogP contribution in [-0.2, 0) is 15.1 Å². The van der Waals surface area contributed by atoms with E-state index >= 15 is 0 Å². The maximum Gasteiger partial charge on any atom is 0.147 e. The first-order chi connectivity index (χ1) is 20.6. The monoisotopic (exact) mass is 594 g/mol. The summed E-state index contributed by atoms with van der Waals surface area (Å²) in [6.45, 7) is -1.10. The Morgan fingerprint density at radius 2 is 1.05 bits per heavy atom. The minimum atomic E-state index is -1.53. The van der Waals surface area contributed by atoms with Crippen LogP contribution in [0.3, 0.4) is 0 Å². The first-order valence-electron chi connectivity index (χ1n) is 14.2. The fourth-order valence-corrected chi connectivity index (χ4v) is 6.18. The maximum absolute atomic E-state index is 12.2. The van der Waals surface area contributed by atoms with Gasteiger partial charge in [0.15, 0.2) is 0 Å². The Labute approximate surface area is 247 Å². The third-order valence-corrected chi connectivity index (χ3v) is 8.82. The molecule has 0 unspecified atom stereocenters. The summed E-state index contributed by atoms with van der Waals surface area (Å²) in [4.78, 5) is 0. The van der Waals surface area contributed by atoms with Gasteiger partial charge < -0.3 is 55.4 Å². The molecule has 2 aliphatic heterocycles. The van der Waals surface area contributed by atoms with E-state index in [1.165, 1.54) is 0 Å². The number of aliphatic hydroxyl groups is 9. The highest BCUT2D eigenvalue weighted by atomic mass is 16.5. The van der Waals surface area contributed by atoms with Crippen molar-refractivity contribution in [3.8, 4) is 34.8 Å². The van der Waals surface area contributed by atoms with E-state index in [0.29, 0.717) is 22.3 Å². The SMILES string of the molecule is OC[C@H]1O[C@H](C#Cc2ccc3c(c2)C(O)(C2CC2)c2cc(C#C[C@H]4O[C@H](CO)[C@@H](O)[C@H](O)[C@@H]4O)ccc2-3)[C@@H](O)[C@@H](O)[C@@H]1O. The minimum absolute atomic E-state index is 0.0326. The largest absolute Gasteiger partial charge is 0.394 e. The van der Waals surface area contributed by atoms with Gasteiger partial charge in [-0.15, -0.1) is 0 Å². The van der Waals surface area contributed by atoms with Crippen molar-refractivity contribution in [2.24, 2.45) is 5.92 Å². The Morgan fingerprint density at radius 1 is 0.628 bits per heavy atom. The van der Waals surface area contributed by atoms with Crippen molar-refractivity contribution in [1.82, 2.24) is 0 Å². The molecule has 2 aromatic rings. The van der Waals surface area contributed by atoms with Gasteiger partial charge in [0.05, 0.1) is 13.2 Å². The lowest BCUT2D eigenvalue weighted by Gasteiger charge is -2.37. The molecule has 4 aliphatic rings. The number of hydrogen-bond acceptors (Lipinski definition) is 11. The van der Waals surface area contributed by atoms with E-state index in [0.717, 1.165) is 24.0 Å². The lowest BCUT2D eigenvalue weighted by molar-refractivity contribution is -0.214. The Hall–Kier alpha value is -2.88. The third-order valence-electron chi connectivity index (χ3n) is 8.82. The normalized spacial score (nSPS) is 38.3. The quantitative estimate of drug-likeness (QED) is 0.173. The number of benzene rings is 2. The van der Waals surface area contributed by atoms with Gasteiger partial charge in [0.2, 0.25) is 0 Å². The van der Waals surface area contributed by atoms with Crippen LogP contribution in [0.15, 0.2) is 36.4 Å². The van der Waals surface area contributed by atoms with Crippen molar-refractivity contribution in [2.75, 3.05) is 13.2 Å². The summed E-state index contributed by atoms with van der Waals surface area (Å²) >= 11 is 0. The standard InChI is InChI=1S/C32H34O11/c33-13-24-28(37)30(39)26(35)22(42-24)9-3-15-1-7-18-19-8-2-16(12-21(19)32(41,17-5-6-17)20(18)11-15)4-10-23-27(36)31(40)29(38)25(14-34)43-23/h1-2,7-8,11-12,17,22-31,33-41H,5-6,13-14H2/t22-,23-,24-,25-,26-,27-,28-,29-,30-,31-/m1/s1. The van der Waals surface area contributed by atoms with E-state index in [2.05, 4.69) is 23.7 Å². The number of fused-ring (bicyclic) bond motifs is 3. The molecule has 43 heavy (non-hydrogen) atoms. The summed E-state index contributed by atoms with van der Waals surface area (Å²) in [6, 6.07) is 10.8. The lowest BCUT2D eigenvalue weighted by atomic mass is 9.85. The Kier molecular flexibility index (Phi) is 8.11. The van der Waals surface area contributed by atoms with Crippen LogP contribution in [0.25, 0.3) is 11.1 Å². The molecule has 0 aromatic heterocycles. The molecule has 1 saturated carbocycles. The van der Waals surface area contributed by atoms with Gasteiger partial charge in [-0.1, -0.05) is 35.8 Å². The van der Waals surface area contributed by atoms with Gasteiger partial charge in [0.1, 0.15) is 66.6 Å². The van der Waals surface area contributed by atoms with Crippen LogP contribution in [0.1, 0.15) is 35.1 Å². The van der Waals surface area contributed by atoms with Crippen molar-refractivity contribution in [2.45, 2.75) is 79.5 Å². The summed E-state index contributed by atoms with van der Waals surface area (Å²) in [5, 5.41) is 91.9. The summed E-state index contributed by atoms with van der Waals surface area (Å²) < 4.78 is 11.0. The molecule has 10 atom stereocenters. The number of ether oxygens (including phenoxy) is 2. The van der Waals surface area contributed by atoms with E-state index in [4.69, 9.17) is 9.47 Å². The van der Waals surface area contributed by atoms with Crippen LogP contribution in [0, 0.1) is 29.6 Å². The van der Waals surface area contributed by atoms with Gasteiger partial charge in [0.25, 0.3) is 0 Å². The Morgan fingerprint density at radius 3 is 1.42 bits per heavy atom. The zero-order chi connectivity index (χ0) is 30.6. The molecule has 11 heteroatoms. The van der Waals surface area contributed by atoms with E-state index in [1.54, 1.807) is 24.3 Å². The molecule has 9 N–H and O–H groups in total. The van der Waals surface area contributed by atoms with Crippen LogP contribution in [0.4, 0.5) is 0 Å². The molecular formula is C32H34O11. The van der Waals surface area contributed by atoms with Gasteiger partial charge in [0, 0.05) is 11.1 Å². The molecule has 2 aliphatic carbocycles. The van der Waals surface area contributed by atoms with Crippen molar-refractivity contribution in [3.63, 3.8) is 0 Å². The van der Waals surface area contributed by atoms with Crippen LogP contribution in [0.5, 0.6) is 0 Å². The van der Waals surface area contributed by atoms with Gasteiger partial charge in [-0.05, 0) is 65.3 Å². The van der Waals surface area contributed by atoms with Gasteiger partial charge in [-0.2, -0.15) is 0 Å². The molecule has 0 spiro atoms. The Balaban J connectivity index is 1.29. The fourth-order valence-electron chi connectivity index (χ4n) is 6.18. The first kappa shape index (κ1) is 30.2. The molecule has 0 bridgehead atoms. The highest BCUT2D eigenvalue weighted by Gasteiger charge is 2.52. The molecule has 6 rings (SSSR count). The number of rotatable bonds is 3. The Bertz CT molecular complexity index is 1390. The van der Waals surface area contributed by atoms with E-state index in [9.17, 15) is 46.0 Å². The highest BCUT2D eigenvalue weighted by Crippen LogP contribution is 2.58. The molecule has 228 valence electrons. The van der Waals surface area contributed by atoms with Crippen LogP contribution < -0.4 is 0 Å². The minimum Gasteiger partial charge on any atom is -0.394 e. The zero-order valence-electron chi connectivity index (χ0n) is 23.0. The topological polar surface area (TPSA) is 201 Å². The molecule has 0 radical (unpaired) electrons. The second-order valence-electron chi connectivity index (χ2n) is 11.6. The zero-order valence-corrected chi connectivity index (χ0v) is 23.0. The summed E-state index contributed by atoms with van der Waals surface area (Å²) in [6.07, 6.45) is -11.8. The van der Waals surface area contributed by atoms with Crippen LogP contribution >= 0.6 is 0 Å². The second kappa shape index (κ2) is 11.6. The molecule has 11 nitrogen and oxygen atoms in total. The smallest absolute Gasteiger partial charge is 0.147 e. The summed E-state index contributed by atoms with van der Waals surface area (Å²) in [5.41, 5.74) is 2.75. The predicted molar refractivity (Wildman–Crippen MR) is 149 cm³/mol. The fraction of sp³-hybridized carbons (Fsp3) is 0.500. The number of aliphatic hydroxyl groups excluding tert-OH is 8. The molecular weight excluding hydrogens is 560 g/mol. The van der Waals surface area contributed by atoms with Crippen LogP contribution in [-0.4, -0.2) is 120 Å². The second-order valence-corrected chi connectivity index (χ2v) is 11.6. The third kappa shape index (κ3) is 5.17. The molecule has 2 heterocycles. The molecule has 3 fully saturated rings. The van der Waals surface area contributed by atoms with Gasteiger partial charge >= 0.3 is 0 Å². The predicted octanol–water partition coefficient (Wildman–Crippen LogP) is -2.30. The lowest BCUT2D eigenvalue weighted by Crippen LogP contribution is -2.58. The van der Waals surface area contributed by atoms with E-state index < -0.39 is 79.9 Å². The van der Waals surface area contributed by atoms with Crippen molar-refractivity contribution < 1.29 is 55.4 Å². The van der Waals surface area contributed by atoms with Gasteiger partial charge in [-0.25, -0.2) is 0 Å². The average Bonchev–Trinajstić information content (AvgIpc) is 3.85. The van der Waals surface area contributed by atoms with Crippen molar-refractivity contribution in [1.29, 1.82) is 0 Å². The summed E-state index contributed by atoms with van der Waals surface area (Å²) in [7, 11) is 0.